The minimum absolute atomic E-state index is 0.214. The molecule has 1 aromatic carbocycles. The van der Waals surface area contributed by atoms with Gasteiger partial charge in [0.2, 0.25) is 0 Å². The van der Waals surface area contributed by atoms with Crippen molar-refractivity contribution < 1.29 is 4.39 Å². The van der Waals surface area contributed by atoms with Gasteiger partial charge >= 0.3 is 0 Å². The average molecular weight is 271 g/mol. The molecule has 2 atom stereocenters. The summed E-state index contributed by atoms with van der Waals surface area (Å²) in [7, 11) is 2.02. The number of piperidine rings is 1. The van der Waals surface area contributed by atoms with Gasteiger partial charge in [-0.2, -0.15) is 0 Å². The van der Waals surface area contributed by atoms with Gasteiger partial charge in [0, 0.05) is 19.1 Å². The Balaban J connectivity index is 1.96. The van der Waals surface area contributed by atoms with Crippen molar-refractivity contribution in [1.82, 2.24) is 10.2 Å². The Hall–Kier alpha value is -0.640. The molecule has 1 fully saturated rings. The van der Waals surface area contributed by atoms with E-state index in [-0.39, 0.29) is 10.8 Å². The van der Waals surface area contributed by atoms with Crippen LogP contribution in [-0.2, 0) is 6.54 Å². The van der Waals surface area contributed by atoms with E-state index in [1.165, 1.54) is 6.07 Å². The maximum Gasteiger partial charge on any atom is 0.141 e. The molecule has 100 valence electrons. The number of hydrogen-bond donors (Lipinski definition) is 1. The SMILES string of the molecule is CNC1CCN(Cc2ccc(F)c(Cl)c2)CC1C. The van der Waals surface area contributed by atoms with Crippen molar-refractivity contribution in [2.24, 2.45) is 5.92 Å². The zero-order chi connectivity index (χ0) is 13.1. The van der Waals surface area contributed by atoms with Crippen molar-refractivity contribution >= 4 is 11.6 Å². The molecule has 2 unspecified atom stereocenters. The summed E-state index contributed by atoms with van der Waals surface area (Å²) in [5.74, 6) is 0.294. The van der Waals surface area contributed by atoms with Crippen molar-refractivity contribution in [2.75, 3.05) is 20.1 Å². The molecule has 1 heterocycles. The third kappa shape index (κ3) is 3.22. The van der Waals surface area contributed by atoms with Crippen LogP contribution in [0.3, 0.4) is 0 Å². The van der Waals surface area contributed by atoms with Gasteiger partial charge in [0.05, 0.1) is 5.02 Å². The molecular weight excluding hydrogens is 251 g/mol. The summed E-state index contributed by atoms with van der Waals surface area (Å²) in [5, 5.41) is 3.57. The summed E-state index contributed by atoms with van der Waals surface area (Å²) in [4.78, 5) is 2.40. The zero-order valence-electron chi connectivity index (χ0n) is 10.9. The summed E-state index contributed by atoms with van der Waals surface area (Å²) < 4.78 is 13.1. The molecule has 2 nitrogen and oxygen atoms in total. The fourth-order valence-corrected chi connectivity index (χ4v) is 2.90. The van der Waals surface area contributed by atoms with Crippen LogP contribution >= 0.6 is 11.6 Å². The van der Waals surface area contributed by atoms with Gasteiger partial charge in [-0.15, -0.1) is 0 Å². The highest BCUT2D eigenvalue weighted by molar-refractivity contribution is 6.30. The zero-order valence-corrected chi connectivity index (χ0v) is 11.7. The van der Waals surface area contributed by atoms with Gasteiger partial charge < -0.3 is 5.32 Å². The molecule has 18 heavy (non-hydrogen) atoms. The standard InChI is InChI=1S/C14H20ClFN2/c1-10-8-18(6-5-14(10)17-2)9-11-3-4-13(16)12(15)7-11/h3-4,7,10,14,17H,5-6,8-9H2,1-2H3. The summed E-state index contributed by atoms with van der Waals surface area (Å²) in [6.07, 6.45) is 1.16. The van der Waals surface area contributed by atoms with Crippen molar-refractivity contribution in [2.45, 2.75) is 25.9 Å². The second-order valence-corrected chi connectivity index (χ2v) is 5.55. The number of likely N-dealkylation sites (tertiary alicyclic amines) is 1. The van der Waals surface area contributed by atoms with Crippen LogP contribution in [0.5, 0.6) is 0 Å². The van der Waals surface area contributed by atoms with Crippen LogP contribution in [0.1, 0.15) is 18.9 Å². The lowest BCUT2D eigenvalue weighted by molar-refractivity contribution is 0.145. The molecule has 0 amide bonds. The van der Waals surface area contributed by atoms with Gasteiger partial charge in [-0.1, -0.05) is 24.6 Å². The molecule has 1 aromatic rings. The summed E-state index contributed by atoms with van der Waals surface area (Å²) in [6.45, 7) is 5.26. The number of nitrogens with zero attached hydrogens (tertiary/aromatic N) is 1. The van der Waals surface area contributed by atoms with Crippen molar-refractivity contribution in [3.63, 3.8) is 0 Å². The van der Waals surface area contributed by atoms with E-state index >= 15 is 0 Å². The van der Waals surface area contributed by atoms with Crippen LogP contribution in [-0.4, -0.2) is 31.1 Å². The minimum Gasteiger partial charge on any atom is -0.317 e. The molecule has 4 heteroatoms. The molecule has 0 aliphatic carbocycles. The number of nitrogens with one attached hydrogen (secondary N) is 1. The lowest BCUT2D eigenvalue weighted by Crippen LogP contribution is -2.46. The van der Waals surface area contributed by atoms with Crippen molar-refractivity contribution in [3.05, 3.63) is 34.6 Å². The second kappa shape index (κ2) is 6.00. The molecule has 0 spiro atoms. The van der Waals surface area contributed by atoms with E-state index in [1.807, 2.05) is 13.1 Å². The molecule has 0 radical (unpaired) electrons. The Morgan fingerprint density at radius 3 is 2.89 bits per heavy atom. The van der Waals surface area contributed by atoms with E-state index in [4.69, 9.17) is 11.6 Å². The molecule has 1 N–H and O–H groups in total. The largest absolute Gasteiger partial charge is 0.317 e. The third-order valence-electron chi connectivity index (χ3n) is 3.75. The van der Waals surface area contributed by atoms with Crippen LogP contribution in [0.15, 0.2) is 18.2 Å². The highest BCUT2D eigenvalue weighted by Crippen LogP contribution is 2.21. The van der Waals surface area contributed by atoms with E-state index in [1.54, 1.807) is 6.07 Å². The molecule has 0 saturated carbocycles. The molecule has 0 bridgehead atoms. The number of halogens is 2. The maximum atomic E-state index is 13.1. The second-order valence-electron chi connectivity index (χ2n) is 5.14. The molecule has 1 aliphatic rings. The Morgan fingerprint density at radius 1 is 1.50 bits per heavy atom. The summed E-state index contributed by atoms with van der Waals surface area (Å²) in [6, 6.07) is 5.60. The highest BCUT2D eigenvalue weighted by Gasteiger charge is 2.24. The number of benzene rings is 1. The first-order valence-corrected chi connectivity index (χ1v) is 6.81. The summed E-state index contributed by atoms with van der Waals surface area (Å²) in [5.41, 5.74) is 1.08. The van der Waals surface area contributed by atoms with Crippen LogP contribution in [0.2, 0.25) is 5.02 Å². The lowest BCUT2D eigenvalue weighted by Gasteiger charge is -2.36. The molecule has 1 aliphatic heterocycles. The monoisotopic (exact) mass is 270 g/mol. The number of rotatable bonds is 3. The summed E-state index contributed by atoms with van der Waals surface area (Å²) >= 11 is 5.80. The van der Waals surface area contributed by atoms with Gasteiger partial charge in [0.25, 0.3) is 0 Å². The lowest BCUT2D eigenvalue weighted by atomic mass is 9.94. The first-order chi connectivity index (χ1) is 8.60. The predicted octanol–water partition coefficient (Wildman–Crippen LogP) is 2.91. The minimum atomic E-state index is -0.345. The van der Waals surface area contributed by atoms with Gasteiger partial charge in [0.1, 0.15) is 5.82 Å². The molecule has 2 rings (SSSR count). The van der Waals surface area contributed by atoms with E-state index in [0.29, 0.717) is 12.0 Å². The fraction of sp³-hybridized carbons (Fsp3) is 0.571. The smallest absolute Gasteiger partial charge is 0.141 e. The average Bonchev–Trinajstić information content (AvgIpc) is 2.34. The van der Waals surface area contributed by atoms with E-state index in [9.17, 15) is 4.39 Å². The van der Waals surface area contributed by atoms with Gasteiger partial charge in [-0.05, 0) is 43.6 Å². The first kappa shape index (κ1) is 13.8. The van der Waals surface area contributed by atoms with Crippen LogP contribution in [0.25, 0.3) is 0 Å². The predicted molar refractivity (Wildman–Crippen MR) is 73.3 cm³/mol. The van der Waals surface area contributed by atoms with E-state index < -0.39 is 0 Å². The maximum absolute atomic E-state index is 13.1. The van der Waals surface area contributed by atoms with Crippen LogP contribution in [0, 0.1) is 11.7 Å². The first-order valence-electron chi connectivity index (χ1n) is 6.43. The third-order valence-corrected chi connectivity index (χ3v) is 4.04. The van der Waals surface area contributed by atoms with Gasteiger partial charge in [-0.3, -0.25) is 4.90 Å². The van der Waals surface area contributed by atoms with Crippen LogP contribution < -0.4 is 5.32 Å². The normalized spacial score (nSPS) is 25.3. The van der Waals surface area contributed by atoms with Crippen molar-refractivity contribution in [3.8, 4) is 0 Å². The number of hydrogen-bond acceptors (Lipinski definition) is 2. The Kier molecular flexibility index (Phi) is 4.60. The van der Waals surface area contributed by atoms with Gasteiger partial charge in [0.15, 0.2) is 0 Å². The van der Waals surface area contributed by atoms with Crippen LogP contribution in [0.4, 0.5) is 4.39 Å². The molecule has 1 saturated heterocycles. The topological polar surface area (TPSA) is 15.3 Å². The van der Waals surface area contributed by atoms with E-state index in [0.717, 1.165) is 31.6 Å². The fourth-order valence-electron chi connectivity index (χ4n) is 2.70. The molecule has 0 aromatic heterocycles. The highest BCUT2D eigenvalue weighted by atomic mass is 35.5. The Labute approximate surface area is 113 Å². The van der Waals surface area contributed by atoms with Crippen molar-refractivity contribution in [1.29, 1.82) is 0 Å². The Bertz CT molecular complexity index is 411. The van der Waals surface area contributed by atoms with Gasteiger partial charge in [-0.25, -0.2) is 4.39 Å². The molecular formula is C14H20ClFN2. The quantitative estimate of drug-likeness (QED) is 0.909. The Morgan fingerprint density at radius 2 is 2.28 bits per heavy atom. The van der Waals surface area contributed by atoms with E-state index in [2.05, 4.69) is 17.1 Å².